The fourth-order valence-electron chi connectivity index (χ4n) is 1.83. The molecule has 0 fully saturated rings. The SMILES string of the molecule is CC(c1cccs1)N(C)Cc1cc(O)ccc1Cl. The van der Waals surface area contributed by atoms with Crippen LogP contribution >= 0.6 is 22.9 Å². The molecule has 4 heteroatoms. The molecule has 0 aliphatic rings. The van der Waals surface area contributed by atoms with Crippen LogP contribution in [0.3, 0.4) is 0 Å². The van der Waals surface area contributed by atoms with Gasteiger partial charge in [0.25, 0.3) is 0 Å². The molecule has 0 saturated carbocycles. The number of hydrogen-bond donors (Lipinski definition) is 1. The van der Waals surface area contributed by atoms with Crippen LogP contribution in [0.25, 0.3) is 0 Å². The molecule has 0 bridgehead atoms. The van der Waals surface area contributed by atoms with Gasteiger partial charge in [0.15, 0.2) is 0 Å². The molecular formula is C14H16ClNOS. The van der Waals surface area contributed by atoms with Crippen LogP contribution in [0.2, 0.25) is 5.02 Å². The van der Waals surface area contributed by atoms with E-state index < -0.39 is 0 Å². The number of halogens is 1. The zero-order valence-corrected chi connectivity index (χ0v) is 12.0. The summed E-state index contributed by atoms with van der Waals surface area (Å²) in [7, 11) is 2.06. The van der Waals surface area contributed by atoms with Gasteiger partial charge in [-0.15, -0.1) is 11.3 Å². The van der Waals surface area contributed by atoms with Crippen molar-refractivity contribution >= 4 is 22.9 Å². The molecule has 0 aliphatic carbocycles. The Morgan fingerprint density at radius 2 is 2.17 bits per heavy atom. The van der Waals surface area contributed by atoms with Crippen LogP contribution in [-0.4, -0.2) is 17.1 Å². The fourth-order valence-corrected chi connectivity index (χ4v) is 2.86. The molecular weight excluding hydrogens is 266 g/mol. The molecule has 0 spiro atoms. The van der Waals surface area contributed by atoms with Gasteiger partial charge in [-0.25, -0.2) is 0 Å². The normalized spacial score (nSPS) is 12.9. The number of phenols is 1. The van der Waals surface area contributed by atoms with Gasteiger partial charge in [0, 0.05) is 22.5 Å². The lowest BCUT2D eigenvalue weighted by Crippen LogP contribution is -2.21. The monoisotopic (exact) mass is 281 g/mol. The quantitative estimate of drug-likeness (QED) is 0.903. The van der Waals surface area contributed by atoms with Crippen LogP contribution in [0.4, 0.5) is 0 Å². The van der Waals surface area contributed by atoms with Crippen molar-refractivity contribution in [3.8, 4) is 5.75 Å². The van der Waals surface area contributed by atoms with Gasteiger partial charge in [-0.2, -0.15) is 0 Å². The molecule has 1 aromatic heterocycles. The van der Waals surface area contributed by atoms with Crippen LogP contribution in [0, 0.1) is 0 Å². The van der Waals surface area contributed by atoms with Crippen molar-refractivity contribution in [3.05, 3.63) is 51.2 Å². The van der Waals surface area contributed by atoms with E-state index in [0.29, 0.717) is 17.6 Å². The first-order valence-electron chi connectivity index (χ1n) is 5.79. The average Bonchev–Trinajstić information content (AvgIpc) is 2.86. The summed E-state index contributed by atoms with van der Waals surface area (Å²) in [4.78, 5) is 3.54. The summed E-state index contributed by atoms with van der Waals surface area (Å²) >= 11 is 7.89. The van der Waals surface area contributed by atoms with Gasteiger partial charge in [0.2, 0.25) is 0 Å². The molecule has 1 aromatic carbocycles. The lowest BCUT2D eigenvalue weighted by Gasteiger charge is -2.24. The molecule has 1 atom stereocenters. The van der Waals surface area contributed by atoms with E-state index in [4.69, 9.17) is 11.6 Å². The molecule has 2 nitrogen and oxygen atoms in total. The van der Waals surface area contributed by atoms with Crippen molar-refractivity contribution in [2.24, 2.45) is 0 Å². The predicted molar refractivity (Wildman–Crippen MR) is 77.3 cm³/mol. The third-order valence-corrected chi connectivity index (χ3v) is 4.48. The van der Waals surface area contributed by atoms with Crippen molar-refractivity contribution in [3.63, 3.8) is 0 Å². The molecule has 1 unspecified atom stereocenters. The Morgan fingerprint density at radius 1 is 1.39 bits per heavy atom. The second kappa shape index (κ2) is 5.74. The molecule has 96 valence electrons. The zero-order valence-electron chi connectivity index (χ0n) is 10.4. The summed E-state index contributed by atoms with van der Waals surface area (Å²) < 4.78 is 0. The predicted octanol–water partition coefficient (Wildman–Crippen LogP) is 4.30. The molecule has 1 heterocycles. The van der Waals surface area contributed by atoms with Crippen molar-refractivity contribution < 1.29 is 5.11 Å². The summed E-state index contributed by atoms with van der Waals surface area (Å²) in [6.45, 7) is 2.88. The topological polar surface area (TPSA) is 23.5 Å². The van der Waals surface area contributed by atoms with Gasteiger partial charge in [-0.3, -0.25) is 4.90 Å². The van der Waals surface area contributed by atoms with E-state index in [1.54, 1.807) is 29.5 Å². The summed E-state index contributed by atoms with van der Waals surface area (Å²) in [6, 6.07) is 9.59. The highest BCUT2D eigenvalue weighted by Gasteiger charge is 2.14. The number of thiophene rings is 1. The van der Waals surface area contributed by atoms with Crippen molar-refractivity contribution in [1.29, 1.82) is 0 Å². The highest BCUT2D eigenvalue weighted by atomic mass is 35.5. The van der Waals surface area contributed by atoms with Crippen LogP contribution in [-0.2, 0) is 6.54 Å². The Morgan fingerprint density at radius 3 is 2.83 bits per heavy atom. The number of aromatic hydroxyl groups is 1. The molecule has 0 aliphatic heterocycles. The zero-order chi connectivity index (χ0) is 13.1. The Kier molecular flexibility index (Phi) is 4.27. The van der Waals surface area contributed by atoms with Gasteiger partial charge in [-0.1, -0.05) is 17.7 Å². The molecule has 2 rings (SSSR count). The second-order valence-electron chi connectivity index (χ2n) is 4.38. The summed E-state index contributed by atoms with van der Waals surface area (Å²) in [6.07, 6.45) is 0. The minimum absolute atomic E-state index is 0.256. The second-order valence-corrected chi connectivity index (χ2v) is 5.77. The number of rotatable bonds is 4. The summed E-state index contributed by atoms with van der Waals surface area (Å²) in [5.41, 5.74) is 0.947. The van der Waals surface area contributed by atoms with E-state index >= 15 is 0 Å². The summed E-state index contributed by atoms with van der Waals surface area (Å²) in [5.74, 6) is 0.256. The van der Waals surface area contributed by atoms with E-state index in [0.717, 1.165) is 5.56 Å². The molecule has 18 heavy (non-hydrogen) atoms. The van der Waals surface area contributed by atoms with E-state index in [-0.39, 0.29) is 5.75 Å². The third kappa shape index (κ3) is 3.05. The Hall–Kier alpha value is -1.03. The summed E-state index contributed by atoms with van der Waals surface area (Å²) in [5, 5.41) is 12.3. The van der Waals surface area contributed by atoms with Gasteiger partial charge in [0.05, 0.1) is 0 Å². The van der Waals surface area contributed by atoms with Gasteiger partial charge >= 0.3 is 0 Å². The molecule has 0 radical (unpaired) electrons. The number of hydrogen-bond acceptors (Lipinski definition) is 3. The highest BCUT2D eigenvalue weighted by Crippen LogP contribution is 2.27. The van der Waals surface area contributed by atoms with Crippen molar-refractivity contribution in [2.75, 3.05) is 7.05 Å². The maximum Gasteiger partial charge on any atom is 0.116 e. The lowest BCUT2D eigenvalue weighted by atomic mass is 10.1. The standard InChI is InChI=1S/C14H16ClNOS/c1-10(14-4-3-7-18-14)16(2)9-11-8-12(17)5-6-13(11)15/h3-8,10,17H,9H2,1-2H3. The van der Waals surface area contributed by atoms with E-state index in [9.17, 15) is 5.11 Å². The third-order valence-electron chi connectivity index (χ3n) is 3.07. The molecule has 1 N–H and O–H groups in total. The van der Waals surface area contributed by atoms with E-state index in [1.807, 2.05) is 0 Å². The van der Waals surface area contributed by atoms with E-state index in [1.165, 1.54) is 4.88 Å². The van der Waals surface area contributed by atoms with Crippen LogP contribution in [0.15, 0.2) is 35.7 Å². The Balaban J connectivity index is 2.11. The molecule has 0 saturated heterocycles. The van der Waals surface area contributed by atoms with Crippen molar-refractivity contribution in [1.82, 2.24) is 4.90 Å². The molecule has 2 aromatic rings. The number of phenolic OH excluding ortho intramolecular Hbond substituents is 1. The smallest absolute Gasteiger partial charge is 0.116 e. The minimum Gasteiger partial charge on any atom is -0.508 e. The average molecular weight is 282 g/mol. The van der Waals surface area contributed by atoms with Crippen molar-refractivity contribution in [2.45, 2.75) is 19.5 Å². The van der Waals surface area contributed by atoms with Gasteiger partial charge in [0.1, 0.15) is 5.75 Å². The first kappa shape index (κ1) is 13.4. The Bertz CT molecular complexity index is 513. The van der Waals surface area contributed by atoms with Crippen LogP contribution in [0.5, 0.6) is 5.75 Å². The Labute approximate surface area is 116 Å². The minimum atomic E-state index is 0.256. The van der Waals surface area contributed by atoms with Crippen LogP contribution in [0.1, 0.15) is 23.4 Å². The first-order valence-corrected chi connectivity index (χ1v) is 7.04. The van der Waals surface area contributed by atoms with Crippen LogP contribution < -0.4 is 0 Å². The highest BCUT2D eigenvalue weighted by molar-refractivity contribution is 7.10. The largest absolute Gasteiger partial charge is 0.508 e. The maximum absolute atomic E-state index is 9.50. The first-order chi connectivity index (χ1) is 8.58. The fraction of sp³-hybridized carbons (Fsp3) is 0.286. The van der Waals surface area contributed by atoms with E-state index in [2.05, 4.69) is 36.4 Å². The molecule has 0 amide bonds. The number of nitrogens with zero attached hydrogens (tertiary/aromatic N) is 1. The van der Waals surface area contributed by atoms with Gasteiger partial charge in [-0.05, 0) is 49.2 Å². The maximum atomic E-state index is 9.50. The van der Waals surface area contributed by atoms with Gasteiger partial charge < -0.3 is 5.11 Å². The number of benzene rings is 1. The lowest BCUT2D eigenvalue weighted by molar-refractivity contribution is 0.256.